The zero-order valence-electron chi connectivity index (χ0n) is 19.0. The molecule has 0 saturated carbocycles. The first kappa shape index (κ1) is 24.1. The Morgan fingerprint density at radius 1 is 1.18 bits per heavy atom. The van der Waals surface area contributed by atoms with Crippen LogP contribution in [0, 0.1) is 12.8 Å². The molecule has 4 rings (SSSR count). The maximum atomic E-state index is 13.5. The Balaban J connectivity index is 1.69. The van der Waals surface area contributed by atoms with E-state index in [9.17, 15) is 18.0 Å². The number of carbonyl (C=O) groups is 2. The molecule has 1 aliphatic heterocycles. The fourth-order valence-corrected chi connectivity index (χ4v) is 6.14. The fourth-order valence-electron chi connectivity index (χ4n) is 4.39. The Kier molecular flexibility index (Phi) is 6.88. The van der Waals surface area contributed by atoms with Gasteiger partial charge in [0, 0.05) is 22.7 Å². The van der Waals surface area contributed by atoms with Crippen LogP contribution in [0.1, 0.15) is 41.8 Å². The molecule has 1 aromatic heterocycles. The lowest BCUT2D eigenvalue weighted by molar-refractivity contribution is -0.125. The number of anilines is 2. The summed E-state index contributed by atoms with van der Waals surface area (Å²) in [5, 5.41) is 10.2. The van der Waals surface area contributed by atoms with Crippen LogP contribution in [-0.2, 0) is 26.0 Å². The van der Waals surface area contributed by atoms with E-state index in [0.29, 0.717) is 24.1 Å². The largest absolute Gasteiger partial charge is 0.326 e. The summed E-state index contributed by atoms with van der Waals surface area (Å²) in [6.07, 6.45) is 1.13. The second-order valence-electron chi connectivity index (χ2n) is 8.42. The van der Waals surface area contributed by atoms with E-state index in [1.165, 1.54) is 17.4 Å². The van der Waals surface area contributed by atoms with E-state index < -0.39 is 22.0 Å². The molecule has 1 fully saturated rings. The summed E-state index contributed by atoms with van der Waals surface area (Å²) in [6.45, 7) is 3.82. The summed E-state index contributed by atoms with van der Waals surface area (Å²) in [7, 11) is -3.93. The number of thiophene rings is 1. The van der Waals surface area contributed by atoms with E-state index in [1.807, 2.05) is 55.6 Å². The number of nitrogens with two attached hydrogens (primary N) is 1. The third kappa shape index (κ3) is 4.91. The third-order valence-corrected chi connectivity index (χ3v) is 8.04. The minimum atomic E-state index is -3.93. The van der Waals surface area contributed by atoms with Gasteiger partial charge in [-0.05, 0) is 61.0 Å². The molecule has 3 aromatic rings. The number of hydrogen-bond donors (Lipinski definition) is 2. The van der Waals surface area contributed by atoms with Crippen LogP contribution < -0.4 is 15.4 Å². The number of aryl methyl sites for hydroxylation is 2. The number of sulfonamides is 1. The Morgan fingerprint density at radius 2 is 1.91 bits per heavy atom. The lowest BCUT2D eigenvalue weighted by Crippen LogP contribution is -2.46. The van der Waals surface area contributed by atoms with Crippen molar-refractivity contribution in [3.8, 4) is 0 Å². The van der Waals surface area contributed by atoms with Gasteiger partial charge in [-0.1, -0.05) is 36.8 Å². The molecule has 178 valence electrons. The molecule has 0 radical (unpaired) electrons. The van der Waals surface area contributed by atoms with Crippen LogP contribution in [0.5, 0.6) is 0 Å². The molecule has 3 N–H and O–H groups in total. The number of amides is 2. The normalized spacial score (nSPS) is 18.7. The molecule has 0 spiro atoms. The van der Waals surface area contributed by atoms with E-state index in [1.54, 1.807) is 17.0 Å². The first-order valence-corrected chi connectivity index (χ1v) is 13.5. The number of rotatable bonds is 6. The van der Waals surface area contributed by atoms with E-state index in [2.05, 4.69) is 5.32 Å². The zero-order valence-corrected chi connectivity index (χ0v) is 20.7. The number of nitrogens with zero attached hydrogens (tertiary/aromatic N) is 1. The molecule has 2 amide bonds. The number of benzene rings is 2. The lowest BCUT2D eigenvalue weighted by Gasteiger charge is -2.40. The van der Waals surface area contributed by atoms with E-state index in [4.69, 9.17) is 5.14 Å². The van der Waals surface area contributed by atoms with Crippen molar-refractivity contribution < 1.29 is 18.0 Å². The van der Waals surface area contributed by atoms with Crippen molar-refractivity contribution in [2.24, 2.45) is 11.1 Å². The van der Waals surface area contributed by atoms with Crippen molar-refractivity contribution in [1.82, 2.24) is 0 Å². The van der Waals surface area contributed by atoms with Gasteiger partial charge in [-0.3, -0.25) is 9.59 Å². The van der Waals surface area contributed by atoms with Crippen molar-refractivity contribution >= 4 is 44.5 Å². The molecule has 2 atom stereocenters. The molecule has 7 nitrogen and oxygen atoms in total. The highest BCUT2D eigenvalue weighted by Crippen LogP contribution is 2.42. The highest BCUT2D eigenvalue weighted by molar-refractivity contribution is 7.89. The molecular formula is C25H27N3O4S2. The second kappa shape index (κ2) is 9.69. The Labute approximate surface area is 203 Å². The Morgan fingerprint density at radius 3 is 2.53 bits per heavy atom. The summed E-state index contributed by atoms with van der Waals surface area (Å²) in [6, 6.07) is 15.8. The van der Waals surface area contributed by atoms with Crippen molar-refractivity contribution in [2.45, 2.75) is 44.0 Å². The third-order valence-electron chi connectivity index (χ3n) is 6.10. The summed E-state index contributed by atoms with van der Waals surface area (Å²) < 4.78 is 24.1. The quantitative estimate of drug-likeness (QED) is 0.526. The highest BCUT2D eigenvalue weighted by atomic mass is 32.2. The molecule has 0 bridgehead atoms. The Bertz CT molecular complexity index is 1300. The van der Waals surface area contributed by atoms with Crippen molar-refractivity contribution in [3.05, 3.63) is 76.0 Å². The first-order chi connectivity index (χ1) is 16.2. The van der Waals surface area contributed by atoms with Gasteiger partial charge >= 0.3 is 0 Å². The molecular weight excluding hydrogens is 470 g/mol. The average Bonchev–Trinajstić information content (AvgIpc) is 3.33. The van der Waals surface area contributed by atoms with Crippen LogP contribution in [0.3, 0.4) is 0 Å². The Hall–Kier alpha value is -3.01. The van der Waals surface area contributed by atoms with Gasteiger partial charge < -0.3 is 10.2 Å². The van der Waals surface area contributed by atoms with Gasteiger partial charge in [0.2, 0.25) is 21.8 Å². The SMILES string of the molecule is CCc1ccc(NC(=O)C2CCC(=O)N(c3ccc(C)cc3)C2c2cccs2)cc1S(N)(=O)=O. The van der Waals surface area contributed by atoms with Gasteiger partial charge in [-0.15, -0.1) is 11.3 Å². The number of carbonyl (C=O) groups excluding carboxylic acids is 2. The molecule has 2 heterocycles. The van der Waals surface area contributed by atoms with Crippen molar-refractivity contribution in [1.29, 1.82) is 0 Å². The van der Waals surface area contributed by atoms with Gasteiger partial charge in [0.05, 0.1) is 16.9 Å². The maximum Gasteiger partial charge on any atom is 0.238 e. The number of hydrogen-bond acceptors (Lipinski definition) is 5. The summed E-state index contributed by atoms with van der Waals surface area (Å²) >= 11 is 1.50. The molecule has 9 heteroatoms. The highest BCUT2D eigenvalue weighted by Gasteiger charge is 2.42. The predicted molar refractivity (Wildman–Crippen MR) is 134 cm³/mol. The van der Waals surface area contributed by atoms with Crippen LogP contribution >= 0.6 is 11.3 Å². The monoisotopic (exact) mass is 497 g/mol. The number of nitrogens with one attached hydrogen (secondary N) is 1. The van der Waals surface area contributed by atoms with E-state index >= 15 is 0 Å². The molecule has 34 heavy (non-hydrogen) atoms. The van der Waals surface area contributed by atoms with Crippen LogP contribution in [0.2, 0.25) is 0 Å². The zero-order chi connectivity index (χ0) is 24.5. The van der Waals surface area contributed by atoms with Gasteiger partial charge in [0.25, 0.3) is 0 Å². The van der Waals surface area contributed by atoms with Crippen LogP contribution in [0.25, 0.3) is 0 Å². The van der Waals surface area contributed by atoms with Gasteiger partial charge in [-0.2, -0.15) is 0 Å². The standard InChI is InChI=1S/C25H27N3O4S2/c1-3-17-8-9-18(15-22(17)34(26,31)32)27-25(30)20-12-13-23(29)28(19-10-6-16(2)7-11-19)24(20)21-5-4-14-33-21/h4-11,14-15,20,24H,3,12-13H2,1-2H3,(H,27,30)(H2,26,31,32). The summed E-state index contributed by atoms with van der Waals surface area (Å²) in [4.78, 5) is 29.2. The van der Waals surface area contributed by atoms with Crippen LogP contribution in [0.4, 0.5) is 11.4 Å². The smallest absolute Gasteiger partial charge is 0.238 e. The number of primary sulfonamides is 1. The van der Waals surface area contributed by atoms with E-state index in [-0.39, 0.29) is 23.1 Å². The minimum Gasteiger partial charge on any atom is -0.326 e. The van der Waals surface area contributed by atoms with Gasteiger partial charge in [0.15, 0.2) is 0 Å². The van der Waals surface area contributed by atoms with Gasteiger partial charge in [-0.25, -0.2) is 13.6 Å². The first-order valence-electron chi connectivity index (χ1n) is 11.1. The maximum absolute atomic E-state index is 13.5. The minimum absolute atomic E-state index is 0.00251. The topological polar surface area (TPSA) is 110 Å². The predicted octanol–water partition coefficient (Wildman–Crippen LogP) is 4.39. The van der Waals surface area contributed by atoms with E-state index in [0.717, 1.165) is 16.1 Å². The molecule has 1 aliphatic rings. The molecule has 2 aromatic carbocycles. The lowest BCUT2D eigenvalue weighted by atomic mass is 9.86. The number of piperidine rings is 1. The summed E-state index contributed by atoms with van der Waals surface area (Å²) in [5.41, 5.74) is 2.77. The average molecular weight is 498 g/mol. The molecule has 2 unspecified atom stereocenters. The fraction of sp³-hybridized carbons (Fsp3) is 0.280. The second-order valence-corrected chi connectivity index (χ2v) is 10.9. The summed E-state index contributed by atoms with van der Waals surface area (Å²) in [5.74, 6) is -0.816. The van der Waals surface area contributed by atoms with Crippen molar-refractivity contribution in [3.63, 3.8) is 0 Å². The molecule has 1 saturated heterocycles. The van der Waals surface area contributed by atoms with Crippen LogP contribution in [0.15, 0.2) is 64.9 Å². The molecule has 0 aliphatic carbocycles. The van der Waals surface area contributed by atoms with Crippen molar-refractivity contribution in [2.75, 3.05) is 10.2 Å². The van der Waals surface area contributed by atoms with Crippen LogP contribution in [-0.4, -0.2) is 20.2 Å². The van der Waals surface area contributed by atoms with Gasteiger partial charge in [0.1, 0.15) is 0 Å².